The van der Waals surface area contributed by atoms with Crippen LogP contribution in [0.25, 0.3) is 0 Å². The lowest BCUT2D eigenvalue weighted by molar-refractivity contribution is -0.127. The van der Waals surface area contributed by atoms with Crippen molar-refractivity contribution in [3.8, 4) is 0 Å². The summed E-state index contributed by atoms with van der Waals surface area (Å²) < 4.78 is 40.9. The van der Waals surface area contributed by atoms with Gasteiger partial charge in [0.2, 0.25) is 15.9 Å². The maximum atomic E-state index is 13.4. The van der Waals surface area contributed by atoms with Gasteiger partial charge < -0.3 is 11.1 Å². The molecular weight excluding hydrogens is 369 g/mol. The summed E-state index contributed by atoms with van der Waals surface area (Å²) in [6.45, 7) is 0.449. The van der Waals surface area contributed by atoms with Crippen molar-refractivity contribution in [2.75, 3.05) is 13.1 Å². The Hall–Kier alpha value is -1.51. The van der Waals surface area contributed by atoms with Crippen LogP contribution in [-0.2, 0) is 21.4 Å². The quantitative estimate of drug-likeness (QED) is 0.796. The summed E-state index contributed by atoms with van der Waals surface area (Å²) in [5.74, 6) is -0.921. The van der Waals surface area contributed by atoms with E-state index in [0.717, 1.165) is 37.8 Å². The van der Waals surface area contributed by atoms with Crippen molar-refractivity contribution >= 4 is 15.9 Å². The fourth-order valence-corrected chi connectivity index (χ4v) is 5.78. The first-order valence-electron chi connectivity index (χ1n) is 9.71. The van der Waals surface area contributed by atoms with E-state index in [4.69, 9.17) is 5.73 Å². The lowest BCUT2D eigenvalue weighted by Gasteiger charge is -2.33. The molecule has 6 nitrogen and oxygen atoms in total. The van der Waals surface area contributed by atoms with Gasteiger partial charge in [-0.3, -0.25) is 4.79 Å². The van der Waals surface area contributed by atoms with Gasteiger partial charge in [-0.25, -0.2) is 12.8 Å². The highest BCUT2D eigenvalue weighted by Gasteiger charge is 2.35. The van der Waals surface area contributed by atoms with Crippen molar-refractivity contribution < 1.29 is 17.6 Å². The van der Waals surface area contributed by atoms with E-state index in [-0.39, 0.29) is 41.4 Å². The van der Waals surface area contributed by atoms with Crippen LogP contribution in [0.1, 0.15) is 50.5 Å². The van der Waals surface area contributed by atoms with Crippen molar-refractivity contribution in [3.63, 3.8) is 0 Å². The predicted octanol–water partition coefficient (Wildman–Crippen LogP) is 2.13. The first-order valence-corrected chi connectivity index (χ1v) is 11.1. The number of rotatable bonds is 5. The third-order valence-electron chi connectivity index (χ3n) is 5.57. The highest BCUT2D eigenvalue weighted by molar-refractivity contribution is 7.89. The van der Waals surface area contributed by atoms with Gasteiger partial charge in [-0.1, -0.05) is 19.3 Å². The van der Waals surface area contributed by atoms with E-state index in [2.05, 4.69) is 5.32 Å². The van der Waals surface area contributed by atoms with Gasteiger partial charge in [0.15, 0.2) is 0 Å². The summed E-state index contributed by atoms with van der Waals surface area (Å²) in [4.78, 5) is 12.7. The van der Waals surface area contributed by atoms with Gasteiger partial charge in [-0.15, -0.1) is 0 Å². The summed E-state index contributed by atoms with van der Waals surface area (Å²) in [7, 11) is -3.81. The Bertz CT molecular complexity index is 778. The van der Waals surface area contributed by atoms with Crippen molar-refractivity contribution in [2.24, 2.45) is 11.7 Å². The molecule has 1 aromatic rings. The molecule has 1 unspecified atom stereocenters. The molecular formula is C19H28FN3O3S. The number of hydrogen-bond donors (Lipinski definition) is 2. The molecule has 0 aromatic heterocycles. The number of nitrogens with zero attached hydrogens (tertiary/aromatic N) is 1. The molecule has 27 heavy (non-hydrogen) atoms. The molecule has 1 saturated carbocycles. The Morgan fingerprint density at radius 2 is 1.93 bits per heavy atom. The zero-order valence-electron chi connectivity index (χ0n) is 15.5. The maximum absolute atomic E-state index is 13.4. The van der Waals surface area contributed by atoms with E-state index in [0.29, 0.717) is 19.4 Å². The molecule has 3 rings (SSSR count). The number of benzene rings is 1. The average Bonchev–Trinajstić information content (AvgIpc) is 2.68. The molecule has 0 spiro atoms. The van der Waals surface area contributed by atoms with Crippen LogP contribution in [0.2, 0.25) is 0 Å². The van der Waals surface area contributed by atoms with Gasteiger partial charge in [0.25, 0.3) is 0 Å². The minimum atomic E-state index is -3.81. The number of carbonyl (C=O) groups is 1. The molecule has 1 saturated heterocycles. The molecule has 0 bridgehead atoms. The highest BCUT2D eigenvalue weighted by atomic mass is 32.2. The average molecular weight is 398 g/mol. The second-order valence-electron chi connectivity index (χ2n) is 7.50. The molecule has 1 aliphatic carbocycles. The first kappa shape index (κ1) is 20.2. The second kappa shape index (κ2) is 8.67. The topological polar surface area (TPSA) is 92.5 Å². The molecule has 1 amide bonds. The zero-order valence-corrected chi connectivity index (χ0v) is 16.3. The molecule has 1 aromatic carbocycles. The van der Waals surface area contributed by atoms with Gasteiger partial charge in [-0.05, 0) is 49.4 Å². The van der Waals surface area contributed by atoms with Gasteiger partial charge in [0, 0.05) is 25.7 Å². The summed E-state index contributed by atoms with van der Waals surface area (Å²) >= 11 is 0. The predicted molar refractivity (Wildman–Crippen MR) is 101 cm³/mol. The van der Waals surface area contributed by atoms with Crippen LogP contribution in [0, 0.1) is 11.7 Å². The first-order chi connectivity index (χ1) is 12.9. The summed E-state index contributed by atoms with van der Waals surface area (Å²) in [6, 6.07) is 3.76. The number of nitrogens with one attached hydrogen (secondary N) is 1. The number of piperidine rings is 1. The Morgan fingerprint density at radius 1 is 1.19 bits per heavy atom. The van der Waals surface area contributed by atoms with E-state index in [1.165, 1.54) is 16.8 Å². The number of halogens is 1. The zero-order chi connectivity index (χ0) is 19.4. The fraction of sp³-hybridized carbons (Fsp3) is 0.632. The molecule has 1 heterocycles. The standard InChI is InChI=1S/C19H28FN3O3S/c20-16-8-9-18(15(11-16)12-21)27(25,26)23-10-4-5-14(13-23)19(24)22-17-6-2-1-3-7-17/h8-9,11,14,17H,1-7,10,12-13,21H2,(H,22,24). The van der Waals surface area contributed by atoms with E-state index >= 15 is 0 Å². The fourth-order valence-electron chi connectivity index (χ4n) is 4.04. The van der Waals surface area contributed by atoms with Crippen LogP contribution in [-0.4, -0.2) is 37.8 Å². The van der Waals surface area contributed by atoms with E-state index in [1.54, 1.807) is 0 Å². The third kappa shape index (κ3) is 4.67. The van der Waals surface area contributed by atoms with Crippen LogP contribution >= 0.6 is 0 Å². The van der Waals surface area contributed by atoms with Crippen LogP contribution in [0.15, 0.2) is 23.1 Å². The normalized spacial score (nSPS) is 22.5. The molecule has 3 N–H and O–H groups in total. The Labute approximate surface area is 160 Å². The number of hydrogen-bond acceptors (Lipinski definition) is 4. The lowest BCUT2D eigenvalue weighted by Crippen LogP contribution is -2.48. The van der Waals surface area contributed by atoms with Gasteiger partial charge in [0.05, 0.1) is 10.8 Å². The molecule has 1 atom stereocenters. The van der Waals surface area contributed by atoms with E-state index in [9.17, 15) is 17.6 Å². The van der Waals surface area contributed by atoms with Crippen molar-refractivity contribution in [1.29, 1.82) is 0 Å². The second-order valence-corrected chi connectivity index (χ2v) is 9.41. The van der Waals surface area contributed by atoms with Crippen molar-refractivity contribution in [2.45, 2.75) is 62.4 Å². The van der Waals surface area contributed by atoms with Crippen LogP contribution < -0.4 is 11.1 Å². The highest BCUT2D eigenvalue weighted by Crippen LogP contribution is 2.27. The van der Waals surface area contributed by atoms with Gasteiger partial charge in [0.1, 0.15) is 5.82 Å². The monoisotopic (exact) mass is 397 g/mol. The Balaban J connectivity index is 1.72. The largest absolute Gasteiger partial charge is 0.353 e. The molecule has 8 heteroatoms. The van der Waals surface area contributed by atoms with Crippen LogP contribution in [0.4, 0.5) is 4.39 Å². The third-order valence-corrected chi connectivity index (χ3v) is 7.53. The molecule has 0 radical (unpaired) electrons. The molecule has 2 aliphatic rings. The molecule has 150 valence electrons. The summed E-state index contributed by atoms with van der Waals surface area (Å²) in [5, 5.41) is 3.10. The van der Waals surface area contributed by atoms with E-state index < -0.39 is 15.8 Å². The minimum Gasteiger partial charge on any atom is -0.353 e. The number of sulfonamides is 1. The number of carbonyl (C=O) groups excluding carboxylic acids is 1. The van der Waals surface area contributed by atoms with Gasteiger partial charge >= 0.3 is 0 Å². The molecule has 1 aliphatic heterocycles. The van der Waals surface area contributed by atoms with Crippen molar-refractivity contribution in [3.05, 3.63) is 29.6 Å². The van der Waals surface area contributed by atoms with E-state index in [1.807, 2.05) is 0 Å². The van der Waals surface area contributed by atoms with Crippen LogP contribution in [0.3, 0.4) is 0 Å². The lowest BCUT2D eigenvalue weighted by atomic mass is 9.93. The number of nitrogens with two attached hydrogens (primary N) is 1. The molecule has 2 fully saturated rings. The summed E-state index contributed by atoms with van der Waals surface area (Å²) in [5.41, 5.74) is 5.87. The number of amides is 1. The smallest absolute Gasteiger partial charge is 0.243 e. The SMILES string of the molecule is NCc1cc(F)ccc1S(=O)(=O)N1CCCC(C(=O)NC2CCCCC2)C1. The maximum Gasteiger partial charge on any atom is 0.243 e. The summed E-state index contributed by atoms with van der Waals surface area (Å²) in [6.07, 6.45) is 6.76. The van der Waals surface area contributed by atoms with Crippen LogP contribution in [0.5, 0.6) is 0 Å². The van der Waals surface area contributed by atoms with Gasteiger partial charge in [-0.2, -0.15) is 4.31 Å². The van der Waals surface area contributed by atoms with Crippen molar-refractivity contribution in [1.82, 2.24) is 9.62 Å². The Morgan fingerprint density at radius 3 is 2.63 bits per heavy atom. The Kier molecular flexibility index (Phi) is 6.49. The minimum absolute atomic E-state index is 0.0275.